The Morgan fingerprint density at radius 3 is 1.78 bits per heavy atom. The van der Waals surface area contributed by atoms with Crippen molar-refractivity contribution in [3.05, 3.63) is 77.1 Å². The fourth-order valence-electron chi connectivity index (χ4n) is 2.14. The number of nitrogens with two attached hydrogens (primary N) is 1. The fourth-order valence-corrected chi connectivity index (χ4v) is 3.27. The van der Waals surface area contributed by atoms with Gasteiger partial charge >= 0.3 is 0 Å². The molecular weight excluding hydrogens is 318 g/mol. The van der Waals surface area contributed by atoms with Gasteiger partial charge in [0.2, 0.25) is 5.16 Å². The van der Waals surface area contributed by atoms with Crippen LogP contribution in [0.3, 0.4) is 0 Å². The summed E-state index contributed by atoms with van der Waals surface area (Å²) in [6.45, 7) is 1.75. The summed E-state index contributed by atoms with van der Waals surface area (Å²) in [7, 11) is 0. The molecule has 0 bridgehead atoms. The normalized spacial score (nSPS) is 11.1. The van der Waals surface area contributed by atoms with Gasteiger partial charge in [-0.3, -0.25) is 0 Å². The van der Waals surface area contributed by atoms with Gasteiger partial charge in [0, 0.05) is 0 Å². The molecule has 3 aromatic rings. The van der Waals surface area contributed by atoms with Crippen LogP contribution in [-0.4, -0.2) is 14.9 Å². The molecule has 7 heteroatoms. The minimum atomic E-state index is -0.311. The monoisotopic (exact) mass is 332 g/mol. The van der Waals surface area contributed by atoms with Gasteiger partial charge in [-0.15, -0.1) is 10.2 Å². The van der Waals surface area contributed by atoms with E-state index >= 15 is 0 Å². The van der Waals surface area contributed by atoms with Gasteiger partial charge in [-0.1, -0.05) is 36.0 Å². The average molecular weight is 332 g/mol. The molecule has 0 amide bonds. The van der Waals surface area contributed by atoms with Gasteiger partial charge in [0.1, 0.15) is 17.5 Å². The summed E-state index contributed by atoms with van der Waals surface area (Å²) >= 11 is 1.37. The minimum absolute atomic E-state index is 0.206. The predicted molar refractivity (Wildman–Crippen MR) is 85.4 cm³/mol. The molecule has 0 saturated carbocycles. The van der Waals surface area contributed by atoms with Crippen molar-refractivity contribution in [3.8, 4) is 0 Å². The van der Waals surface area contributed by atoms with Crippen molar-refractivity contribution in [2.75, 3.05) is 5.84 Å². The minimum Gasteiger partial charge on any atom is -0.336 e. The smallest absolute Gasteiger partial charge is 0.210 e. The van der Waals surface area contributed by atoms with Crippen molar-refractivity contribution in [2.24, 2.45) is 0 Å². The summed E-state index contributed by atoms with van der Waals surface area (Å²) in [5, 5.41) is 8.30. The second-order valence-electron chi connectivity index (χ2n) is 5.00. The SMILES string of the molecule is Cc1nnc(SC(c2ccc(F)cc2)c2ccc(F)cc2)n1N. The molecule has 0 unspecified atom stereocenters. The largest absolute Gasteiger partial charge is 0.336 e. The third-order valence-electron chi connectivity index (χ3n) is 3.40. The van der Waals surface area contributed by atoms with Crippen molar-refractivity contribution < 1.29 is 8.78 Å². The lowest BCUT2D eigenvalue weighted by atomic mass is 10.0. The van der Waals surface area contributed by atoms with Crippen molar-refractivity contribution >= 4 is 11.8 Å². The average Bonchev–Trinajstić information content (AvgIpc) is 2.86. The lowest BCUT2D eigenvalue weighted by molar-refractivity contribution is 0.626. The standard InChI is InChI=1S/C16H14F2N4S/c1-10-20-21-16(22(10)19)23-15(11-2-6-13(17)7-3-11)12-4-8-14(18)9-5-12/h2-9,15H,19H2,1H3. The lowest BCUT2D eigenvalue weighted by Gasteiger charge is -2.17. The van der Waals surface area contributed by atoms with Gasteiger partial charge in [-0.05, 0) is 42.3 Å². The first-order valence-electron chi connectivity index (χ1n) is 6.89. The number of aromatic nitrogens is 3. The summed E-state index contributed by atoms with van der Waals surface area (Å²) in [6.07, 6.45) is 0. The van der Waals surface area contributed by atoms with Gasteiger partial charge in [-0.25, -0.2) is 13.5 Å². The van der Waals surface area contributed by atoms with E-state index in [1.165, 1.54) is 40.7 Å². The molecule has 2 N–H and O–H groups in total. The molecule has 118 valence electrons. The molecule has 1 heterocycles. The first kappa shape index (κ1) is 15.5. The van der Waals surface area contributed by atoms with E-state index < -0.39 is 0 Å². The maximum atomic E-state index is 13.2. The molecule has 3 rings (SSSR count). The molecule has 2 aromatic carbocycles. The third-order valence-corrected chi connectivity index (χ3v) is 4.67. The summed E-state index contributed by atoms with van der Waals surface area (Å²) in [4.78, 5) is 0. The zero-order chi connectivity index (χ0) is 16.4. The number of thioether (sulfide) groups is 1. The van der Waals surface area contributed by atoms with Crippen molar-refractivity contribution in [1.82, 2.24) is 14.9 Å². The van der Waals surface area contributed by atoms with Crippen molar-refractivity contribution in [2.45, 2.75) is 17.3 Å². The van der Waals surface area contributed by atoms with Gasteiger partial charge in [0.05, 0.1) is 5.25 Å². The van der Waals surface area contributed by atoms with Crippen LogP contribution < -0.4 is 5.84 Å². The highest BCUT2D eigenvalue weighted by Gasteiger charge is 2.20. The first-order valence-corrected chi connectivity index (χ1v) is 7.77. The Balaban J connectivity index is 2.00. The molecule has 0 aliphatic rings. The highest BCUT2D eigenvalue weighted by atomic mass is 32.2. The zero-order valence-corrected chi connectivity index (χ0v) is 13.1. The zero-order valence-electron chi connectivity index (χ0n) is 12.3. The van der Waals surface area contributed by atoms with Gasteiger partial charge in [0.25, 0.3) is 0 Å². The van der Waals surface area contributed by atoms with Crippen LogP contribution in [0.1, 0.15) is 22.2 Å². The fraction of sp³-hybridized carbons (Fsp3) is 0.125. The maximum absolute atomic E-state index is 13.2. The first-order chi connectivity index (χ1) is 11.0. The number of benzene rings is 2. The summed E-state index contributed by atoms with van der Waals surface area (Å²) in [5.41, 5.74) is 1.73. The van der Waals surface area contributed by atoms with Crippen LogP contribution in [0.5, 0.6) is 0 Å². The van der Waals surface area contributed by atoms with Crippen LogP contribution in [-0.2, 0) is 0 Å². The number of aryl methyl sites for hydroxylation is 1. The van der Waals surface area contributed by atoms with E-state index in [0.29, 0.717) is 11.0 Å². The second-order valence-corrected chi connectivity index (χ2v) is 6.07. The van der Waals surface area contributed by atoms with E-state index in [9.17, 15) is 8.78 Å². The van der Waals surface area contributed by atoms with Crippen LogP contribution in [0.15, 0.2) is 53.7 Å². The van der Waals surface area contributed by atoms with E-state index in [-0.39, 0.29) is 16.9 Å². The Labute approximate surface area is 136 Å². The van der Waals surface area contributed by atoms with E-state index in [1.54, 1.807) is 31.2 Å². The highest BCUT2D eigenvalue weighted by molar-refractivity contribution is 7.99. The van der Waals surface area contributed by atoms with Gasteiger partial charge in [-0.2, -0.15) is 0 Å². The van der Waals surface area contributed by atoms with Crippen LogP contribution in [0.4, 0.5) is 8.78 Å². The topological polar surface area (TPSA) is 56.7 Å². The Bertz CT molecular complexity index is 754. The van der Waals surface area contributed by atoms with E-state index in [2.05, 4.69) is 10.2 Å². The van der Waals surface area contributed by atoms with E-state index in [1.807, 2.05) is 0 Å². The molecule has 0 fully saturated rings. The van der Waals surface area contributed by atoms with E-state index in [0.717, 1.165) is 11.1 Å². The lowest BCUT2D eigenvalue weighted by Crippen LogP contribution is -2.12. The van der Waals surface area contributed by atoms with Crippen LogP contribution in [0.25, 0.3) is 0 Å². The highest BCUT2D eigenvalue weighted by Crippen LogP contribution is 2.39. The van der Waals surface area contributed by atoms with Gasteiger partial charge < -0.3 is 5.84 Å². The Hall–Kier alpha value is -2.41. The number of nitrogen functional groups attached to an aromatic ring is 1. The molecule has 23 heavy (non-hydrogen) atoms. The van der Waals surface area contributed by atoms with Crippen LogP contribution in [0, 0.1) is 18.6 Å². The third kappa shape index (κ3) is 3.34. The van der Waals surface area contributed by atoms with Gasteiger partial charge in [0.15, 0.2) is 0 Å². The molecular formula is C16H14F2N4S. The molecule has 0 radical (unpaired) electrons. The van der Waals surface area contributed by atoms with Crippen LogP contribution >= 0.6 is 11.8 Å². The molecule has 0 saturated heterocycles. The Kier molecular flexibility index (Phi) is 4.29. The number of hydrogen-bond acceptors (Lipinski definition) is 4. The molecule has 4 nitrogen and oxygen atoms in total. The summed E-state index contributed by atoms with van der Waals surface area (Å²) in [6, 6.07) is 12.4. The molecule has 1 aromatic heterocycles. The van der Waals surface area contributed by atoms with E-state index in [4.69, 9.17) is 5.84 Å². The molecule has 0 aliphatic carbocycles. The number of halogens is 2. The number of hydrogen-bond donors (Lipinski definition) is 1. The molecule has 0 spiro atoms. The number of rotatable bonds is 4. The predicted octanol–water partition coefficient (Wildman–Crippen LogP) is 3.46. The van der Waals surface area contributed by atoms with Crippen molar-refractivity contribution in [1.29, 1.82) is 0 Å². The van der Waals surface area contributed by atoms with Crippen molar-refractivity contribution in [3.63, 3.8) is 0 Å². The number of nitrogens with zero attached hydrogens (tertiary/aromatic N) is 3. The molecule has 0 atom stereocenters. The van der Waals surface area contributed by atoms with Crippen LogP contribution in [0.2, 0.25) is 0 Å². The summed E-state index contributed by atoms with van der Waals surface area (Å²) in [5.74, 6) is 5.87. The Morgan fingerprint density at radius 2 is 1.39 bits per heavy atom. The summed E-state index contributed by atoms with van der Waals surface area (Å²) < 4.78 is 27.8. The Morgan fingerprint density at radius 1 is 0.913 bits per heavy atom. The second kappa shape index (κ2) is 6.37. The quantitative estimate of drug-likeness (QED) is 0.587. The molecule has 0 aliphatic heterocycles. The maximum Gasteiger partial charge on any atom is 0.210 e.